The second kappa shape index (κ2) is 6.67. The van der Waals surface area contributed by atoms with Crippen molar-refractivity contribution < 1.29 is 14.8 Å². The number of phenols is 1. The van der Waals surface area contributed by atoms with Crippen LogP contribution in [-0.2, 0) is 4.74 Å². The fourth-order valence-electron chi connectivity index (χ4n) is 2.37. The molecule has 0 radical (unpaired) electrons. The molecule has 2 heterocycles. The summed E-state index contributed by atoms with van der Waals surface area (Å²) in [5.74, 6) is -0.0217. The quantitative estimate of drug-likeness (QED) is 0.370. The number of H-pyrrole nitrogens is 1. The monoisotopic (exact) mass is 369 g/mol. The first-order valence-corrected chi connectivity index (χ1v) is 7.76. The summed E-state index contributed by atoms with van der Waals surface area (Å²) >= 11 is 11.0. The van der Waals surface area contributed by atoms with Gasteiger partial charge < -0.3 is 9.84 Å². The number of hydrogen-bond acceptors (Lipinski definition) is 7. The molecule has 0 bridgehead atoms. The van der Waals surface area contributed by atoms with E-state index in [0.717, 1.165) is 18.9 Å². The third-order valence-electron chi connectivity index (χ3n) is 3.49. The van der Waals surface area contributed by atoms with E-state index in [-0.39, 0.29) is 21.5 Å². The third-order valence-corrected chi connectivity index (χ3v) is 3.97. The van der Waals surface area contributed by atoms with Gasteiger partial charge >= 0.3 is 5.69 Å². The molecule has 3 rings (SSSR count). The van der Waals surface area contributed by atoms with Gasteiger partial charge in [0.1, 0.15) is 6.10 Å². The van der Waals surface area contributed by atoms with Crippen LogP contribution in [0, 0.1) is 14.9 Å². The van der Waals surface area contributed by atoms with E-state index in [1.165, 1.54) is 17.0 Å². The minimum absolute atomic E-state index is 0.0931. The second-order valence-electron chi connectivity index (χ2n) is 5.06. The number of aromatic hydroxyl groups is 1. The normalized spacial score (nSPS) is 17.6. The van der Waals surface area contributed by atoms with Crippen molar-refractivity contribution >= 4 is 35.7 Å². The van der Waals surface area contributed by atoms with E-state index in [1.807, 2.05) is 0 Å². The van der Waals surface area contributed by atoms with Gasteiger partial charge in [0, 0.05) is 23.3 Å². The topological polar surface area (TPSA) is 119 Å². The molecule has 0 unspecified atom stereocenters. The number of nitro groups is 1. The number of benzene rings is 1. The van der Waals surface area contributed by atoms with Crippen molar-refractivity contribution in [2.75, 3.05) is 6.61 Å². The van der Waals surface area contributed by atoms with Crippen molar-refractivity contribution in [3.8, 4) is 5.75 Å². The first-order chi connectivity index (χ1) is 11.5. The maximum Gasteiger partial charge on any atom is 0.312 e. The van der Waals surface area contributed by atoms with Crippen LogP contribution in [0.3, 0.4) is 0 Å². The molecule has 1 aliphatic heterocycles. The molecule has 1 aliphatic rings. The van der Waals surface area contributed by atoms with Crippen molar-refractivity contribution in [1.82, 2.24) is 14.9 Å². The van der Waals surface area contributed by atoms with E-state index in [1.54, 1.807) is 0 Å². The standard InChI is InChI=1S/C13H12ClN5O4S/c14-8-4-7(11(20)9(5-8)19(21)22)6-15-18-12(16-17-13(18)24)10-2-1-3-23-10/h4-6,10,20H,1-3H2,(H,17,24)/b15-6-/t10-/m0/s1. The molecule has 9 nitrogen and oxygen atoms in total. The molecule has 0 aliphatic carbocycles. The minimum atomic E-state index is -0.722. The molecule has 1 saturated heterocycles. The zero-order valence-electron chi connectivity index (χ0n) is 12.2. The number of aromatic nitrogens is 3. The van der Waals surface area contributed by atoms with Gasteiger partial charge in [-0.15, -0.1) is 0 Å². The molecule has 2 N–H and O–H groups in total. The first kappa shape index (κ1) is 16.6. The summed E-state index contributed by atoms with van der Waals surface area (Å²) in [6.45, 7) is 0.634. The molecule has 0 spiro atoms. The summed E-state index contributed by atoms with van der Waals surface area (Å²) in [5.41, 5.74) is -0.408. The lowest BCUT2D eigenvalue weighted by atomic mass is 10.2. The lowest BCUT2D eigenvalue weighted by Crippen LogP contribution is -2.05. The van der Waals surface area contributed by atoms with Gasteiger partial charge in [0.25, 0.3) is 0 Å². The van der Waals surface area contributed by atoms with Gasteiger partial charge in [0.2, 0.25) is 10.5 Å². The molecule has 1 aromatic heterocycles. The Labute approximate surface area is 145 Å². The van der Waals surface area contributed by atoms with Crippen molar-refractivity contribution in [2.45, 2.75) is 18.9 Å². The van der Waals surface area contributed by atoms with Gasteiger partial charge in [-0.2, -0.15) is 14.9 Å². The number of hydrogen-bond donors (Lipinski definition) is 2. The van der Waals surface area contributed by atoms with Crippen LogP contribution in [-0.4, -0.2) is 37.7 Å². The molecule has 126 valence electrons. The number of nitrogens with one attached hydrogen (secondary N) is 1. The lowest BCUT2D eigenvalue weighted by molar-refractivity contribution is -0.385. The van der Waals surface area contributed by atoms with Crippen LogP contribution in [0.5, 0.6) is 5.75 Å². The number of nitrogens with zero attached hydrogens (tertiary/aromatic N) is 4. The summed E-state index contributed by atoms with van der Waals surface area (Å²) in [7, 11) is 0. The van der Waals surface area contributed by atoms with E-state index in [2.05, 4.69) is 15.3 Å². The van der Waals surface area contributed by atoms with E-state index in [4.69, 9.17) is 28.6 Å². The smallest absolute Gasteiger partial charge is 0.312 e. The third kappa shape index (κ3) is 3.16. The SMILES string of the molecule is O=[N+]([O-])c1cc(Cl)cc(/C=N\n2c([C@@H]3CCCO3)n[nH]c2=S)c1O. The summed E-state index contributed by atoms with van der Waals surface area (Å²) < 4.78 is 7.16. The molecule has 0 amide bonds. The number of phenolic OH excluding ortho intramolecular Hbond substituents is 1. The number of aromatic amines is 1. The molecule has 1 aromatic carbocycles. The molecular weight excluding hydrogens is 358 g/mol. The summed E-state index contributed by atoms with van der Waals surface area (Å²) in [6.07, 6.45) is 2.72. The fraction of sp³-hybridized carbons (Fsp3) is 0.308. The lowest BCUT2D eigenvalue weighted by Gasteiger charge is -2.07. The highest BCUT2D eigenvalue weighted by atomic mass is 35.5. The van der Waals surface area contributed by atoms with Crippen LogP contribution in [0.15, 0.2) is 17.2 Å². The highest BCUT2D eigenvalue weighted by Gasteiger charge is 2.24. The number of rotatable bonds is 4. The zero-order valence-corrected chi connectivity index (χ0v) is 13.8. The van der Waals surface area contributed by atoms with Crippen LogP contribution in [0.25, 0.3) is 0 Å². The maximum absolute atomic E-state index is 10.9. The van der Waals surface area contributed by atoms with Crippen LogP contribution in [0.4, 0.5) is 5.69 Å². The Kier molecular flexibility index (Phi) is 4.60. The highest BCUT2D eigenvalue weighted by Crippen LogP contribution is 2.32. The van der Waals surface area contributed by atoms with Crippen LogP contribution in [0.2, 0.25) is 5.02 Å². The Balaban J connectivity index is 1.99. The average molecular weight is 370 g/mol. The van der Waals surface area contributed by atoms with Gasteiger partial charge in [-0.05, 0) is 31.1 Å². The predicted molar refractivity (Wildman–Crippen MR) is 88.1 cm³/mol. The van der Waals surface area contributed by atoms with Gasteiger partial charge in [0.15, 0.2) is 5.82 Å². The van der Waals surface area contributed by atoms with E-state index < -0.39 is 16.4 Å². The van der Waals surface area contributed by atoms with Crippen LogP contribution in [0.1, 0.15) is 30.3 Å². The highest BCUT2D eigenvalue weighted by molar-refractivity contribution is 7.71. The van der Waals surface area contributed by atoms with Crippen LogP contribution >= 0.6 is 23.8 Å². The van der Waals surface area contributed by atoms with Crippen molar-refractivity contribution in [2.24, 2.45) is 5.10 Å². The Bertz CT molecular complexity index is 872. The number of ether oxygens (including phenoxy) is 1. The zero-order chi connectivity index (χ0) is 17.3. The Morgan fingerprint density at radius 1 is 1.62 bits per heavy atom. The Hall–Kier alpha value is -2.30. The Morgan fingerprint density at radius 2 is 2.42 bits per heavy atom. The second-order valence-corrected chi connectivity index (χ2v) is 5.89. The van der Waals surface area contributed by atoms with E-state index >= 15 is 0 Å². The largest absolute Gasteiger partial charge is 0.502 e. The van der Waals surface area contributed by atoms with Crippen molar-refractivity contribution in [3.63, 3.8) is 0 Å². The molecule has 1 atom stereocenters. The molecule has 1 fully saturated rings. The van der Waals surface area contributed by atoms with E-state index in [9.17, 15) is 15.2 Å². The minimum Gasteiger partial charge on any atom is -0.502 e. The first-order valence-electron chi connectivity index (χ1n) is 6.97. The maximum atomic E-state index is 10.9. The van der Waals surface area contributed by atoms with Gasteiger partial charge in [0.05, 0.1) is 11.1 Å². The van der Waals surface area contributed by atoms with Crippen molar-refractivity contribution in [1.29, 1.82) is 0 Å². The molecule has 11 heteroatoms. The summed E-state index contributed by atoms with van der Waals surface area (Å²) in [5, 5.41) is 31.9. The molecular formula is C13H12ClN5O4S. The van der Waals surface area contributed by atoms with Gasteiger partial charge in [-0.25, -0.2) is 0 Å². The summed E-state index contributed by atoms with van der Waals surface area (Å²) in [4.78, 5) is 10.2. The fourth-order valence-corrected chi connectivity index (χ4v) is 2.78. The molecule has 24 heavy (non-hydrogen) atoms. The van der Waals surface area contributed by atoms with Crippen LogP contribution < -0.4 is 0 Å². The number of nitro benzene ring substituents is 1. The van der Waals surface area contributed by atoms with Gasteiger partial charge in [-0.3, -0.25) is 15.2 Å². The average Bonchev–Trinajstić information content (AvgIpc) is 3.17. The van der Waals surface area contributed by atoms with E-state index in [0.29, 0.717) is 12.4 Å². The summed E-state index contributed by atoms with van der Waals surface area (Å²) in [6, 6.07) is 2.43. The Morgan fingerprint density at radius 3 is 3.08 bits per heavy atom. The number of halogens is 1. The predicted octanol–water partition coefficient (Wildman–Crippen LogP) is 2.94. The molecule has 2 aromatic rings. The molecule has 0 saturated carbocycles. The van der Waals surface area contributed by atoms with Gasteiger partial charge in [-0.1, -0.05) is 11.6 Å². The van der Waals surface area contributed by atoms with Crippen molar-refractivity contribution in [3.05, 3.63) is 43.4 Å².